The number of benzene rings is 3. The molecule has 4 nitrogen and oxygen atoms in total. The van der Waals surface area contributed by atoms with E-state index in [1.54, 1.807) is 6.07 Å². The molecular formula is C25H29FN2O2. The highest BCUT2D eigenvalue weighted by atomic mass is 19.1. The first-order valence-corrected chi connectivity index (χ1v) is 10.3. The maximum Gasteiger partial charge on any atom is 0.126 e. The number of nitrogens with one attached hydrogen (secondary N) is 1. The van der Waals surface area contributed by atoms with Crippen LogP contribution in [0.3, 0.4) is 0 Å². The van der Waals surface area contributed by atoms with Crippen LogP contribution in [-0.4, -0.2) is 23.9 Å². The maximum absolute atomic E-state index is 13.2. The molecule has 4 rings (SSSR count). The second-order valence-electron chi connectivity index (χ2n) is 7.32. The normalized spacial score (nSPS) is 15.9. The first kappa shape index (κ1) is 22.0. The fourth-order valence-corrected chi connectivity index (χ4v) is 3.35. The quantitative estimate of drug-likeness (QED) is 0.580. The molecule has 1 heterocycles. The Labute approximate surface area is 177 Å². The first-order valence-electron chi connectivity index (χ1n) is 10.3. The van der Waals surface area contributed by atoms with Gasteiger partial charge in [0, 0.05) is 19.6 Å². The van der Waals surface area contributed by atoms with Crippen LogP contribution >= 0.6 is 0 Å². The van der Waals surface area contributed by atoms with Crippen molar-refractivity contribution in [2.24, 2.45) is 5.73 Å². The summed E-state index contributed by atoms with van der Waals surface area (Å²) in [5.41, 5.74) is 8.59. The number of fused-ring (bicyclic) bond motifs is 1. The second-order valence-corrected chi connectivity index (χ2v) is 7.32. The number of rotatable bonds is 6. The molecule has 2 atom stereocenters. The van der Waals surface area contributed by atoms with Crippen LogP contribution in [-0.2, 0) is 19.5 Å². The van der Waals surface area contributed by atoms with Gasteiger partial charge in [-0.05, 0) is 47.7 Å². The van der Waals surface area contributed by atoms with Crippen LogP contribution in [0.5, 0.6) is 5.75 Å². The lowest BCUT2D eigenvalue weighted by molar-refractivity contribution is 0.0243. The molecular weight excluding hydrogens is 379 g/mol. The molecule has 0 bridgehead atoms. The van der Waals surface area contributed by atoms with Gasteiger partial charge in [0.15, 0.2) is 0 Å². The summed E-state index contributed by atoms with van der Waals surface area (Å²) in [5, 5.41) is 13.5. The van der Waals surface area contributed by atoms with Crippen molar-refractivity contribution in [1.82, 2.24) is 5.32 Å². The predicted molar refractivity (Wildman–Crippen MR) is 118 cm³/mol. The molecule has 1 aliphatic rings. The van der Waals surface area contributed by atoms with Gasteiger partial charge < -0.3 is 20.9 Å². The van der Waals surface area contributed by atoms with Gasteiger partial charge in [-0.25, -0.2) is 4.39 Å². The number of hydrogen-bond acceptors (Lipinski definition) is 4. The average molecular weight is 409 g/mol. The summed E-state index contributed by atoms with van der Waals surface area (Å²) in [6.45, 7) is 1.82. The van der Waals surface area contributed by atoms with Gasteiger partial charge in [-0.15, -0.1) is 0 Å². The van der Waals surface area contributed by atoms with E-state index in [0.717, 1.165) is 12.0 Å². The van der Waals surface area contributed by atoms with Crippen molar-refractivity contribution >= 4 is 0 Å². The van der Waals surface area contributed by atoms with Gasteiger partial charge in [0.1, 0.15) is 23.8 Å². The molecule has 30 heavy (non-hydrogen) atoms. The molecule has 5 heteroatoms. The van der Waals surface area contributed by atoms with E-state index < -0.39 is 6.10 Å². The summed E-state index contributed by atoms with van der Waals surface area (Å²) in [5.74, 6) is 0.436. The lowest BCUT2D eigenvalue weighted by atomic mass is 9.99. The number of nitrogens with two attached hydrogens (primary N) is 1. The Morgan fingerprint density at radius 3 is 2.30 bits per heavy atom. The molecule has 0 amide bonds. The molecule has 158 valence electrons. The van der Waals surface area contributed by atoms with Crippen LogP contribution < -0.4 is 15.8 Å². The summed E-state index contributed by atoms with van der Waals surface area (Å²) >= 11 is 0. The highest BCUT2D eigenvalue weighted by molar-refractivity contribution is 5.36. The minimum atomic E-state index is -0.582. The maximum atomic E-state index is 13.2. The van der Waals surface area contributed by atoms with Crippen molar-refractivity contribution in [3.8, 4) is 5.75 Å². The summed E-state index contributed by atoms with van der Waals surface area (Å²) in [6.07, 6.45) is 0.598. The molecule has 3 aromatic rings. The zero-order valence-electron chi connectivity index (χ0n) is 17.0. The Morgan fingerprint density at radius 2 is 1.67 bits per heavy atom. The van der Waals surface area contributed by atoms with Crippen LogP contribution in [0.4, 0.5) is 4.39 Å². The molecule has 1 aliphatic heterocycles. The molecule has 0 saturated carbocycles. The molecule has 0 radical (unpaired) electrons. The fraction of sp³-hybridized carbons (Fsp3) is 0.280. The SMILES string of the molecule is NCc1ccccc1.O[C@@H](CNCc1ccccc1)[C@@H]1CCc2cc(F)ccc2O1. The predicted octanol–water partition coefficient (Wildman–Crippen LogP) is 3.82. The Kier molecular flexibility index (Phi) is 8.39. The van der Waals surface area contributed by atoms with Crippen LogP contribution in [0.25, 0.3) is 0 Å². The minimum Gasteiger partial charge on any atom is -0.487 e. The Balaban J connectivity index is 0.000000269. The first-order chi connectivity index (χ1) is 14.7. The number of halogens is 1. The van der Waals surface area contributed by atoms with Crippen molar-refractivity contribution in [3.63, 3.8) is 0 Å². The molecule has 0 fully saturated rings. The van der Waals surface area contributed by atoms with Crippen molar-refractivity contribution in [3.05, 3.63) is 101 Å². The van der Waals surface area contributed by atoms with E-state index in [1.807, 2.05) is 60.7 Å². The number of aryl methyl sites for hydroxylation is 1. The van der Waals surface area contributed by atoms with Gasteiger partial charge in [-0.1, -0.05) is 60.7 Å². The zero-order chi connectivity index (χ0) is 21.2. The second kappa shape index (κ2) is 11.5. The lowest BCUT2D eigenvalue weighted by Crippen LogP contribution is -2.41. The van der Waals surface area contributed by atoms with E-state index in [4.69, 9.17) is 10.5 Å². The molecule has 0 aromatic heterocycles. The van der Waals surface area contributed by atoms with E-state index in [1.165, 1.54) is 23.3 Å². The van der Waals surface area contributed by atoms with Crippen molar-refractivity contribution in [2.45, 2.75) is 38.1 Å². The number of hydrogen-bond donors (Lipinski definition) is 3. The lowest BCUT2D eigenvalue weighted by Gasteiger charge is -2.29. The summed E-state index contributed by atoms with van der Waals surface area (Å²) in [7, 11) is 0. The van der Waals surface area contributed by atoms with Gasteiger partial charge in [0.25, 0.3) is 0 Å². The number of ether oxygens (including phenoxy) is 1. The molecule has 0 aliphatic carbocycles. The highest BCUT2D eigenvalue weighted by Crippen LogP contribution is 2.29. The van der Waals surface area contributed by atoms with Crippen molar-refractivity contribution in [2.75, 3.05) is 6.54 Å². The summed E-state index contributed by atoms with van der Waals surface area (Å²) in [4.78, 5) is 0. The largest absolute Gasteiger partial charge is 0.487 e. The summed E-state index contributed by atoms with van der Waals surface area (Å²) < 4.78 is 19.0. The topological polar surface area (TPSA) is 67.5 Å². The standard InChI is InChI=1S/C18H20FNO2.C7H9N/c19-15-7-9-17-14(10-15)6-8-18(22-17)16(21)12-20-11-13-4-2-1-3-5-13;8-6-7-4-2-1-3-5-7/h1-5,7,9-10,16,18,20-21H,6,8,11-12H2;1-5H,6,8H2/t16-,18-;/m0./s1. The molecule has 3 aromatic carbocycles. The molecule has 0 spiro atoms. The Morgan fingerprint density at radius 1 is 1.00 bits per heavy atom. The monoisotopic (exact) mass is 408 g/mol. The third kappa shape index (κ3) is 6.66. The van der Waals surface area contributed by atoms with Gasteiger partial charge in [-0.3, -0.25) is 0 Å². The molecule has 4 N–H and O–H groups in total. The summed E-state index contributed by atoms with van der Waals surface area (Å²) in [6, 6.07) is 24.6. The Bertz CT molecular complexity index is 890. The number of aliphatic hydroxyl groups is 1. The zero-order valence-corrected chi connectivity index (χ0v) is 17.0. The van der Waals surface area contributed by atoms with Gasteiger partial charge in [-0.2, -0.15) is 0 Å². The average Bonchev–Trinajstić information content (AvgIpc) is 2.80. The highest BCUT2D eigenvalue weighted by Gasteiger charge is 2.26. The Hall–Kier alpha value is -2.73. The third-order valence-electron chi connectivity index (χ3n) is 5.03. The van der Waals surface area contributed by atoms with Gasteiger partial charge >= 0.3 is 0 Å². The van der Waals surface area contributed by atoms with Crippen LogP contribution in [0.2, 0.25) is 0 Å². The minimum absolute atomic E-state index is 0.245. The van der Waals surface area contributed by atoms with Crippen LogP contribution in [0, 0.1) is 5.82 Å². The van der Waals surface area contributed by atoms with Crippen LogP contribution in [0.1, 0.15) is 23.1 Å². The molecule has 0 saturated heterocycles. The van der Waals surface area contributed by atoms with Crippen molar-refractivity contribution < 1.29 is 14.2 Å². The smallest absolute Gasteiger partial charge is 0.126 e. The van der Waals surface area contributed by atoms with E-state index in [-0.39, 0.29) is 11.9 Å². The van der Waals surface area contributed by atoms with E-state index in [0.29, 0.717) is 31.8 Å². The van der Waals surface area contributed by atoms with E-state index >= 15 is 0 Å². The molecule has 0 unspecified atom stereocenters. The van der Waals surface area contributed by atoms with E-state index in [9.17, 15) is 9.50 Å². The van der Waals surface area contributed by atoms with Gasteiger partial charge in [0.2, 0.25) is 0 Å². The van der Waals surface area contributed by atoms with Crippen molar-refractivity contribution in [1.29, 1.82) is 0 Å². The third-order valence-corrected chi connectivity index (χ3v) is 5.03. The van der Waals surface area contributed by atoms with E-state index in [2.05, 4.69) is 5.32 Å². The fourth-order valence-electron chi connectivity index (χ4n) is 3.35. The number of aliphatic hydroxyl groups excluding tert-OH is 1. The van der Waals surface area contributed by atoms with Crippen LogP contribution in [0.15, 0.2) is 78.9 Å². The van der Waals surface area contributed by atoms with Gasteiger partial charge in [0.05, 0.1) is 0 Å².